The molecule has 29 heavy (non-hydrogen) atoms. The van der Waals surface area contributed by atoms with Crippen LogP contribution in [0.15, 0.2) is 66.9 Å². The third-order valence-corrected chi connectivity index (χ3v) is 4.19. The van der Waals surface area contributed by atoms with E-state index >= 15 is 0 Å². The molecule has 0 aliphatic carbocycles. The molecule has 0 bridgehead atoms. The summed E-state index contributed by atoms with van der Waals surface area (Å²) in [5.41, 5.74) is 0.883. The molecule has 0 radical (unpaired) electrons. The molecule has 1 amide bonds. The van der Waals surface area contributed by atoms with Crippen LogP contribution in [-0.2, 0) is 9.53 Å². The van der Waals surface area contributed by atoms with Gasteiger partial charge in [0.05, 0.1) is 18.5 Å². The highest BCUT2D eigenvalue weighted by Crippen LogP contribution is 2.22. The maximum Gasteiger partial charge on any atom is 0.343 e. The Morgan fingerprint density at radius 2 is 1.69 bits per heavy atom. The summed E-state index contributed by atoms with van der Waals surface area (Å²) >= 11 is 0. The van der Waals surface area contributed by atoms with Crippen LogP contribution in [0.5, 0.6) is 5.75 Å². The fourth-order valence-corrected chi connectivity index (χ4v) is 2.77. The Labute approximate surface area is 169 Å². The smallest absolute Gasteiger partial charge is 0.343 e. The number of benzene rings is 2. The highest BCUT2D eigenvalue weighted by molar-refractivity contribution is 6.01. The van der Waals surface area contributed by atoms with Gasteiger partial charge in [-0.3, -0.25) is 4.79 Å². The molecule has 1 N–H and O–H groups in total. The molecule has 0 aliphatic rings. The summed E-state index contributed by atoms with van der Waals surface area (Å²) in [6.07, 6.45) is 1.11. The number of rotatable bonds is 8. The van der Waals surface area contributed by atoms with E-state index in [-0.39, 0.29) is 23.9 Å². The van der Waals surface area contributed by atoms with Gasteiger partial charge in [-0.25, -0.2) is 9.48 Å². The lowest BCUT2D eigenvalue weighted by Gasteiger charge is -2.18. The lowest BCUT2D eigenvalue weighted by Crippen LogP contribution is -2.33. The number of anilines is 1. The van der Waals surface area contributed by atoms with E-state index in [0.717, 1.165) is 0 Å². The fourth-order valence-electron chi connectivity index (χ4n) is 2.77. The van der Waals surface area contributed by atoms with Gasteiger partial charge in [0.25, 0.3) is 5.91 Å². The van der Waals surface area contributed by atoms with Gasteiger partial charge in [-0.15, -0.1) is 0 Å². The van der Waals surface area contributed by atoms with Crippen molar-refractivity contribution < 1.29 is 19.1 Å². The average Bonchev–Trinajstić information content (AvgIpc) is 3.17. The molecule has 1 unspecified atom stereocenters. The molecule has 0 aliphatic heterocycles. The summed E-state index contributed by atoms with van der Waals surface area (Å²) in [4.78, 5) is 25.3. The Morgan fingerprint density at radius 3 is 2.31 bits per heavy atom. The van der Waals surface area contributed by atoms with Crippen LogP contribution in [0.1, 0.15) is 30.6 Å². The summed E-state index contributed by atoms with van der Waals surface area (Å²) < 4.78 is 12.4. The van der Waals surface area contributed by atoms with Crippen molar-refractivity contribution >= 4 is 17.7 Å². The Bertz CT molecular complexity index is 955. The Morgan fingerprint density at radius 1 is 1.03 bits per heavy atom. The number of nitrogens with one attached hydrogen (secondary N) is 1. The van der Waals surface area contributed by atoms with Gasteiger partial charge in [0.2, 0.25) is 0 Å². The van der Waals surface area contributed by atoms with Crippen molar-refractivity contribution in [2.75, 3.05) is 11.9 Å². The van der Waals surface area contributed by atoms with Crippen LogP contribution in [-0.4, -0.2) is 34.4 Å². The van der Waals surface area contributed by atoms with Gasteiger partial charge in [-0.05, 0) is 37.6 Å². The molecule has 0 fully saturated rings. The number of carbonyl (C=O) groups excluding carboxylic acids is 2. The summed E-state index contributed by atoms with van der Waals surface area (Å²) in [5.74, 6) is -0.0898. The van der Waals surface area contributed by atoms with E-state index in [2.05, 4.69) is 10.4 Å². The summed E-state index contributed by atoms with van der Waals surface area (Å²) in [5, 5.41) is 7.08. The highest BCUT2D eigenvalue weighted by atomic mass is 16.5. The molecule has 0 saturated carbocycles. The average molecular weight is 393 g/mol. The van der Waals surface area contributed by atoms with Crippen LogP contribution >= 0.6 is 0 Å². The third kappa shape index (κ3) is 4.82. The van der Waals surface area contributed by atoms with Crippen LogP contribution in [0.4, 0.5) is 5.82 Å². The first-order chi connectivity index (χ1) is 14.1. The molecule has 3 rings (SSSR count). The topological polar surface area (TPSA) is 82.5 Å². The molecule has 1 aromatic heterocycles. The van der Waals surface area contributed by atoms with E-state index in [0.29, 0.717) is 17.9 Å². The lowest BCUT2D eigenvalue weighted by atomic mass is 10.2. The van der Waals surface area contributed by atoms with Crippen molar-refractivity contribution in [3.63, 3.8) is 0 Å². The second-order valence-electron chi connectivity index (χ2n) is 6.19. The van der Waals surface area contributed by atoms with Crippen LogP contribution in [0, 0.1) is 0 Å². The predicted molar refractivity (Wildman–Crippen MR) is 109 cm³/mol. The first kappa shape index (κ1) is 20.1. The third-order valence-electron chi connectivity index (χ3n) is 4.19. The largest absolute Gasteiger partial charge is 0.481 e. The summed E-state index contributed by atoms with van der Waals surface area (Å²) in [6.45, 7) is 3.80. The minimum atomic E-state index is -0.730. The highest BCUT2D eigenvalue weighted by Gasteiger charge is 2.25. The Hall–Kier alpha value is -3.61. The van der Waals surface area contributed by atoms with Crippen LogP contribution in [0.3, 0.4) is 0 Å². The number of hydrogen-bond donors (Lipinski definition) is 1. The number of para-hydroxylation sites is 2. The summed E-state index contributed by atoms with van der Waals surface area (Å²) in [7, 11) is 0. The van der Waals surface area contributed by atoms with Crippen LogP contribution < -0.4 is 10.1 Å². The first-order valence-electron chi connectivity index (χ1n) is 9.47. The number of nitrogens with zero attached hydrogens (tertiary/aromatic N) is 2. The minimum absolute atomic E-state index is 0.179. The fraction of sp³-hybridized carbons (Fsp3) is 0.227. The van der Waals surface area contributed by atoms with E-state index < -0.39 is 12.1 Å². The molecule has 0 spiro atoms. The molecule has 3 aromatic rings. The first-order valence-corrected chi connectivity index (χ1v) is 9.47. The van der Waals surface area contributed by atoms with E-state index in [1.165, 1.54) is 10.9 Å². The van der Waals surface area contributed by atoms with Gasteiger partial charge in [0.1, 0.15) is 11.3 Å². The van der Waals surface area contributed by atoms with Crippen molar-refractivity contribution in [1.29, 1.82) is 0 Å². The van der Waals surface area contributed by atoms with Crippen molar-refractivity contribution in [1.82, 2.24) is 9.78 Å². The molecule has 1 atom stereocenters. The summed E-state index contributed by atoms with van der Waals surface area (Å²) in [6, 6.07) is 18.3. The van der Waals surface area contributed by atoms with Crippen molar-refractivity contribution in [3.8, 4) is 11.4 Å². The van der Waals surface area contributed by atoms with Gasteiger partial charge in [-0.2, -0.15) is 5.10 Å². The zero-order valence-electron chi connectivity index (χ0n) is 16.4. The SMILES string of the molecule is CCOC(=O)c1cnn(-c2ccccc2)c1NC(=O)C(CC)Oc1ccccc1. The van der Waals surface area contributed by atoms with Gasteiger partial charge >= 0.3 is 5.97 Å². The van der Waals surface area contributed by atoms with E-state index in [4.69, 9.17) is 9.47 Å². The van der Waals surface area contributed by atoms with E-state index in [1.807, 2.05) is 55.5 Å². The monoisotopic (exact) mass is 393 g/mol. The molecular weight excluding hydrogens is 370 g/mol. The molecule has 2 aromatic carbocycles. The second kappa shape index (κ2) is 9.54. The zero-order valence-corrected chi connectivity index (χ0v) is 16.4. The molecule has 7 heteroatoms. The van der Waals surface area contributed by atoms with Crippen molar-refractivity contribution in [2.24, 2.45) is 0 Å². The molecular formula is C22H23N3O4. The van der Waals surface area contributed by atoms with Crippen LogP contribution in [0.2, 0.25) is 0 Å². The van der Waals surface area contributed by atoms with Crippen LogP contribution in [0.25, 0.3) is 5.69 Å². The lowest BCUT2D eigenvalue weighted by molar-refractivity contribution is -0.122. The molecule has 1 heterocycles. The number of esters is 1. The van der Waals surface area contributed by atoms with Gasteiger partial charge < -0.3 is 14.8 Å². The van der Waals surface area contributed by atoms with Gasteiger partial charge in [0, 0.05) is 0 Å². The number of ether oxygens (including phenoxy) is 2. The standard InChI is InChI=1S/C22H23N3O4/c1-3-19(29-17-13-9-6-10-14-17)21(26)24-20-18(22(27)28-4-2)15-23-25(20)16-11-7-5-8-12-16/h5-15,19H,3-4H2,1-2H3,(H,24,26). The van der Waals surface area contributed by atoms with E-state index in [9.17, 15) is 9.59 Å². The van der Waals surface area contributed by atoms with Gasteiger partial charge in [-0.1, -0.05) is 43.3 Å². The molecule has 150 valence electrons. The Balaban J connectivity index is 1.90. The number of hydrogen-bond acceptors (Lipinski definition) is 5. The van der Waals surface area contributed by atoms with Crippen molar-refractivity contribution in [2.45, 2.75) is 26.4 Å². The normalized spacial score (nSPS) is 11.5. The quantitative estimate of drug-likeness (QED) is 0.588. The Kier molecular flexibility index (Phi) is 6.63. The van der Waals surface area contributed by atoms with Crippen molar-refractivity contribution in [3.05, 3.63) is 72.4 Å². The zero-order chi connectivity index (χ0) is 20.6. The van der Waals surface area contributed by atoms with E-state index in [1.54, 1.807) is 19.1 Å². The number of amides is 1. The maximum absolute atomic E-state index is 12.9. The minimum Gasteiger partial charge on any atom is -0.481 e. The predicted octanol–water partition coefficient (Wildman–Crippen LogP) is 3.85. The molecule has 0 saturated heterocycles. The van der Waals surface area contributed by atoms with Gasteiger partial charge in [0.15, 0.2) is 11.9 Å². The maximum atomic E-state index is 12.9. The molecule has 7 nitrogen and oxygen atoms in total. The second-order valence-corrected chi connectivity index (χ2v) is 6.19. The number of aromatic nitrogens is 2. The number of carbonyl (C=O) groups is 2.